The van der Waals surface area contributed by atoms with E-state index in [0.29, 0.717) is 17.9 Å². The minimum absolute atomic E-state index is 0.496. The van der Waals surface area contributed by atoms with Crippen LogP contribution in [0, 0.1) is 0 Å². The number of carbonyl (C=O) groups excluding carboxylic acids is 1. The van der Waals surface area contributed by atoms with E-state index in [2.05, 4.69) is 15.9 Å². The van der Waals surface area contributed by atoms with Crippen molar-refractivity contribution in [2.24, 2.45) is 0 Å². The topological polar surface area (TPSA) is 26.3 Å². The molecule has 86 valence electrons. The van der Waals surface area contributed by atoms with E-state index in [4.69, 9.17) is 4.74 Å². The largest absolute Gasteiger partial charge is 0.489 e. The van der Waals surface area contributed by atoms with Crippen LogP contribution in [0.4, 0.5) is 0 Å². The highest BCUT2D eigenvalue weighted by Gasteiger charge is 2.00. The molecule has 0 heterocycles. The van der Waals surface area contributed by atoms with Crippen LogP contribution in [0.25, 0.3) is 0 Å². The van der Waals surface area contributed by atoms with Crippen LogP contribution in [0.1, 0.15) is 15.9 Å². The quantitative estimate of drug-likeness (QED) is 0.800. The maximum Gasteiger partial charge on any atom is 0.150 e. The molecule has 0 atom stereocenters. The fraction of sp³-hybridized carbons (Fsp3) is 0.0714. The maximum atomic E-state index is 10.7. The molecule has 0 unspecified atom stereocenters. The number of aldehydes is 1. The third kappa shape index (κ3) is 3.43. The second-order valence-electron chi connectivity index (χ2n) is 3.61. The van der Waals surface area contributed by atoms with Crippen molar-refractivity contribution in [2.75, 3.05) is 0 Å². The molecule has 2 aromatic rings. The van der Waals surface area contributed by atoms with Gasteiger partial charge in [-0.05, 0) is 23.8 Å². The van der Waals surface area contributed by atoms with E-state index in [1.807, 2.05) is 36.4 Å². The molecule has 0 N–H and O–H groups in total. The van der Waals surface area contributed by atoms with Gasteiger partial charge in [-0.25, -0.2) is 0 Å². The first-order valence-corrected chi connectivity index (χ1v) is 6.00. The molecule has 0 fully saturated rings. The van der Waals surface area contributed by atoms with Crippen LogP contribution in [0.15, 0.2) is 53.0 Å². The molecule has 2 rings (SSSR count). The van der Waals surface area contributed by atoms with Crippen LogP contribution in [0.5, 0.6) is 5.75 Å². The summed E-state index contributed by atoms with van der Waals surface area (Å²) < 4.78 is 6.46. The Morgan fingerprint density at radius 3 is 2.59 bits per heavy atom. The molecule has 0 aromatic heterocycles. The lowest BCUT2D eigenvalue weighted by molar-refractivity contribution is 0.112. The Morgan fingerprint density at radius 2 is 1.88 bits per heavy atom. The van der Waals surface area contributed by atoms with Crippen LogP contribution in [-0.2, 0) is 6.61 Å². The predicted molar refractivity (Wildman–Crippen MR) is 70.3 cm³/mol. The van der Waals surface area contributed by atoms with Crippen molar-refractivity contribution in [3.63, 3.8) is 0 Å². The minimum atomic E-state index is 0.496. The molecule has 0 amide bonds. The van der Waals surface area contributed by atoms with Gasteiger partial charge in [0.2, 0.25) is 0 Å². The van der Waals surface area contributed by atoms with Crippen LogP contribution in [0.3, 0.4) is 0 Å². The molecule has 0 saturated heterocycles. The Balaban J connectivity index is 2.09. The van der Waals surface area contributed by atoms with Crippen LogP contribution < -0.4 is 4.74 Å². The summed E-state index contributed by atoms with van der Waals surface area (Å²) in [6.45, 7) is 0.496. The van der Waals surface area contributed by atoms with Crippen LogP contribution in [-0.4, -0.2) is 6.29 Å². The molecule has 0 aliphatic rings. The van der Waals surface area contributed by atoms with E-state index in [1.165, 1.54) is 0 Å². The first-order valence-electron chi connectivity index (χ1n) is 5.20. The fourth-order valence-corrected chi connectivity index (χ4v) is 1.97. The molecule has 0 radical (unpaired) electrons. The van der Waals surface area contributed by atoms with E-state index in [-0.39, 0.29) is 0 Å². The van der Waals surface area contributed by atoms with Crippen molar-refractivity contribution in [1.82, 2.24) is 0 Å². The summed E-state index contributed by atoms with van der Waals surface area (Å²) in [4.78, 5) is 10.7. The van der Waals surface area contributed by atoms with Crippen molar-refractivity contribution in [3.05, 3.63) is 64.1 Å². The summed E-state index contributed by atoms with van der Waals surface area (Å²) in [7, 11) is 0. The monoisotopic (exact) mass is 290 g/mol. The lowest BCUT2D eigenvalue weighted by atomic mass is 10.2. The summed E-state index contributed by atoms with van der Waals surface area (Å²) in [6, 6.07) is 15.2. The Hall–Kier alpha value is -1.61. The summed E-state index contributed by atoms with van der Waals surface area (Å²) in [5.74, 6) is 0.685. The van der Waals surface area contributed by atoms with Crippen molar-refractivity contribution in [1.29, 1.82) is 0 Å². The zero-order valence-electron chi connectivity index (χ0n) is 9.10. The van der Waals surface area contributed by atoms with Crippen LogP contribution in [0.2, 0.25) is 0 Å². The van der Waals surface area contributed by atoms with Gasteiger partial charge in [0.15, 0.2) is 0 Å². The summed E-state index contributed by atoms with van der Waals surface area (Å²) >= 11 is 3.34. The zero-order chi connectivity index (χ0) is 12.1. The van der Waals surface area contributed by atoms with E-state index in [9.17, 15) is 4.79 Å². The number of hydrogen-bond acceptors (Lipinski definition) is 2. The molecule has 17 heavy (non-hydrogen) atoms. The Labute approximate surface area is 108 Å². The second-order valence-corrected chi connectivity index (χ2v) is 4.53. The minimum Gasteiger partial charge on any atom is -0.489 e. The van der Waals surface area contributed by atoms with Gasteiger partial charge >= 0.3 is 0 Å². The number of benzene rings is 2. The third-order valence-corrected chi connectivity index (χ3v) is 2.74. The first-order chi connectivity index (χ1) is 8.28. The van der Waals surface area contributed by atoms with Gasteiger partial charge in [-0.15, -0.1) is 0 Å². The van der Waals surface area contributed by atoms with Crippen molar-refractivity contribution >= 4 is 22.2 Å². The molecule has 3 heteroatoms. The van der Waals surface area contributed by atoms with Gasteiger partial charge in [0.1, 0.15) is 18.6 Å². The molecule has 0 spiro atoms. The molecular formula is C14H11BrO2. The van der Waals surface area contributed by atoms with Crippen molar-refractivity contribution < 1.29 is 9.53 Å². The van der Waals surface area contributed by atoms with Crippen LogP contribution >= 0.6 is 15.9 Å². The zero-order valence-corrected chi connectivity index (χ0v) is 10.7. The average molecular weight is 291 g/mol. The van der Waals surface area contributed by atoms with Gasteiger partial charge in [0, 0.05) is 10.0 Å². The van der Waals surface area contributed by atoms with E-state index in [1.54, 1.807) is 12.1 Å². The van der Waals surface area contributed by atoms with Gasteiger partial charge in [0.25, 0.3) is 0 Å². The molecule has 2 aromatic carbocycles. The summed E-state index contributed by atoms with van der Waals surface area (Å²) in [5, 5.41) is 0. The normalized spacial score (nSPS) is 9.94. The predicted octanol–water partition coefficient (Wildman–Crippen LogP) is 3.84. The average Bonchev–Trinajstić information content (AvgIpc) is 2.37. The third-order valence-electron chi connectivity index (χ3n) is 2.28. The van der Waals surface area contributed by atoms with Gasteiger partial charge < -0.3 is 4.74 Å². The van der Waals surface area contributed by atoms with Gasteiger partial charge in [-0.1, -0.05) is 46.3 Å². The smallest absolute Gasteiger partial charge is 0.150 e. The number of halogens is 1. The molecule has 0 saturated carbocycles. The van der Waals surface area contributed by atoms with E-state index >= 15 is 0 Å². The highest BCUT2D eigenvalue weighted by molar-refractivity contribution is 9.10. The van der Waals surface area contributed by atoms with Crippen molar-refractivity contribution in [3.8, 4) is 5.75 Å². The van der Waals surface area contributed by atoms with E-state index in [0.717, 1.165) is 16.3 Å². The molecule has 0 aliphatic heterocycles. The molecule has 2 nitrogen and oxygen atoms in total. The highest BCUT2D eigenvalue weighted by Crippen LogP contribution is 2.21. The maximum absolute atomic E-state index is 10.7. The second kappa shape index (κ2) is 5.64. The molecule has 0 aliphatic carbocycles. The van der Waals surface area contributed by atoms with Gasteiger partial charge in [0.05, 0.1) is 0 Å². The number of ether oxygens (including phenoxy) is 1. The standard InChI is InChI=1S/C14H11BrO2/c15-13-6-12(9-16)7-14(8-13)17-10-11-4-2-1-3-5-11/h1-9H,10H2. The lowest BCUT2D eigenvalue weighted by Gasteiger charge is -2.07. The number of carbonyl (C=O) groups is 1. The fourth-order valence-electron chi connectivity index (χ4n) is 1.48. The summed E-state index contributed by atoms with van der Waals surface area (Å²) in [5.41, 5.74) is 1.70. The SMILES string of the molecule is O=Cc1cc(Br)cc(OCc2ccccc2)c1. The van der Waals surface area contributed by atoms with Gasteiger partial charge in [-0.2, -0.15) is 0 Å². The summed E-state index contributed by atoms with van der Waals surface area (Å²) in [6.07, 6.45) is 0.806. The Bertz CT molecular complexity index is 509. The van der Waals surface area contributed by atoms with E-state index < -0.39 is 0 Å². The Morgan fingerprint density at radius 1 is 1.12 bits per heavy atom. The Kier molecular flexibility index (Phi) is 3.94. The number of rotatable bonds is 4. The van der Waals surface area contributed by atoms with Crippen molar-refractivity contribution in [2.45, 2.75) is 6.61 Å². The first kappa shape index (κ1) is 11.9. The molecule has 0 bridgehead atoms. The lowest BCUT2D eigenvalue weighted by Crippen LogP contribution is -1.95. The van der Waals surface area contributed by atoms with Gasteiger partial charge in [-0.3, -0.25) is 4.79 Å². The number of hydrogen-bond donors (Lipinski definition) is 0. The highest BCUT2D eigenvalue weighted by atomic mass is 79.9. The molecular weight excluding hydrogens is 280 g/mol.